The molecular formula is C22H28N2O3. The van der Waals surface area contributed by atoms with E-state index in [1.165, 1.54) is 5.56 Å². The maximum Gasteiger partial charge on any atom is 0.509 e. The first-order valence-corrected chi connectivity index (χ1v) is 9.59. The molecule has 1 aliphatic heterocycles. The van der Waals surface area contributed by atoms with Crippen molar-refractivity contribution in [2.45, 2.75) is 31.8 Å². The van der Waals surface area contributed by atoms with Gasteiger partial charge >= 0.3 is 6.16 Å². The first-order chi connectivity index (χ1) is 13.1. The summed E-state index contributed by atoms with van der Waals surface area (Å²) in [5.74, 6) is 0. The molecule has 1 heterocycles. The molecule has 2 N–H and O–H groups in total. The number of ether oxygens (including phenoxy) is 2. The summed E-state index contributed by atoms with van der Waals surface area (Å²) in [6.45, 7) is 4.84. The molecule has 0 radical (unpaired) electrons. The van der Waals surface area contributed by atoms with Gasteiger partial charge in [0.25, 0.3) is 0 Å². The van der Waals surface area contributed by atoms with E-state index in [1.807, 2.05) is 42.5 Å². The van der Waals surface area contributed by atoms with Crippen LogP contribution in [0.5, 0.6) is 0 Å². The lowest BCUT2D eigenvalue weighted by Crippen LogP contribution is -2.45. The summed E-state index contributed by atoms with van der Waals surface area (Å²) in [6.07, 6.45) is 1.92. The van der Waals surface area contributed by atoms with Gasteiger partial charge in [0.05, 0.1) is 6.61 Å². The fourth-order valence-electron chi connectivity index (χ4n) is 3.61. The third-order valence-corrected chi connectivity index (χ3v) is 5.20. The monoisotopic (exact) mass is 368 g/mol. The van der Waals surface area contributed by atoms with Crippen molar-refractivity contribution in [3.63, 3.8) is 0 Å². The van der Waals surface area contributed by atoms with Gasteiger partial charge in [-0.3, -0.25) is 0 Å². The van der Waals surface area contributed by atoms with E-state index in [2.05, 4.69) is 17.0 Å². The molecule has 0 amide bonds. The minimum absolute atomic E-state index is 0.317. The van der Waals surface area contributed by atoms with Crippen molar-refractivity contribution in [1.29, 1.82) is 0 Å². The van der Waals surface area contributed by atoms with Crippen molar-refractivity contribution in [2.75, 3.05) is 32.0 Å². The molecule has 3 rings (SSSR count). The molecule has 0 saturated carbocycles. The van der Waals surface area contributed by atoms with E-state index in [9.17, 15) is 4.79 Å². The highest BCUT2D eigenvalue weighted by molar-refractivity contribution is 5.61. The summed E-state index contributed by atoms with van der Waals surface area (Å²) in [7, 11) is 0. The number of benzene rings is 2. The summed E-state index contributed by atoms with van der Waals surface area (Å²) in [5.41, 5.74) is 8.26. The second-order valence-electron chi connectivity index (χ2n) is 6.98. The highest BCUT2D eigenvalue weighted by atomic mass is 16.7. The van der Waals surface area contributed by atoms with Gasteiger partial charge in [-0.05, 0) is 36.6 Å². The number of rotatable bonds is 6. The van der Waals surface area contributed by atoms with Gasteiger partial charge in [-0.25, -0.2) is 4.79 Å². The summed E-state index contributed by atoms with van der Waals surface area (Å²) >= 11 is 0. The van der Waals surface area contributed by atoms with E-state index in [0.717, 1.165) is 50.1 Å². The molecule has 1 aliphatic rings. The Labute approximate surface area is 161 Å². The fourth-order valence-corrected chi connectivity index (χ4v) is 3.61. The lowest BCUT2D eigenvalue weighted by Gasteiger charge is -2.41. The topological polar surface area (TPSA) is 64.8 Å². The van der Waals surface area contributed by atoms with E-state index in [-0.39, 0.29) is 0 Å². The van der Waals surface area contributed by atoms with Gasteiger partial charge in [-0.1, -0.05) is 42.5 Å². The van der Waals surface area contributed by atoms with Crippen molar-refractivity contribution in [2.24, 2.45) is 0 Å². The molecule has 2 aromatic rings. The molecule has 144 valence electrons. The Morgan fingerprint density at radius 2 is 1.74 bits per heavy atom. The summed E-state index contributed by atoms with van der Waals surface area (Å²) in [5, 5.41) is 0. The van der Waals surface area contributed by atoms with Crippen molar-refractivity contribution in [3.8, 4) is 0 Å². The molecule has 27 heavy (non-hydrogen) atoms. The molecule has 0 spiro atoms. The molecule has 0 unspecified atom stereocenters. The average molecular weight is 368 g/mol. The van der Waals surface area contributed by atoms with Crippen LogP contribution < -0.4 is 5.73 Å². The van der Waals surface area contributed by atoms with Crippen LogP contribution in [-0.2, 0) is 21.5 Å². The number of carbonyl (C=O) groups excluding carboxylic acids is 1. The number of hydrogen-bond donors (Lipinski definition) is 1. The lowest BCUT2D eigenvalue weighted by atomic mass is 9.84. The van der Waals surface area contributed by atoms with Gasteiger partial charge in [0.2, 0.25) is 0 Å². The van der Waals surface area contributed by atoms with Gasteiger partial charge in [0.1, 0.15) is 5.60 Å². The van der Waals surface area contributed by atoms with Crippen LogP contribution in [0.1, 0.15) is 30.9 Å². The van der Waals surface area contributed by atoms with E-state index in [4.69, 9.17) is 15.2 Å². The van der Waals surface area contributed by atoms with Crippen LogP contribution in [0.15, 0.2) is 54.6 Å². The third kappa shape index (κ3) is 5.01. The van der Waals surface area contributed by atoms with Gasteiger partial charge in [0.15, 0.2) is 0 Å². The van der Waals surface area contributed by atoms with Gasteiger partial charge in [-0.2, -0.15) is 0 Å². The van der Waals surface area contributed by atoms with Crippen molar-refractivity contribution >= 4 is 11.8 Å². The number of nitrogen functional groups attached to an aromatic ring is 1. The van der Waals surface area contributed by atoms with Crippen molar-refractivity contribution in [1.82, 2.24) is 4.90 Å². The molecule has 0 atom stereocenters. The molecule has 2 aromatic carbocycles. The predicted molar refractivity (Wildman–Crippen MR) is 106 cm³/mol. The van der Waals surface area contributed by atoms with Crippen LogP contribution in [-0.4, -0.2) is 37.3 Å². The van der Waals surface area contributed by atoms with Gasteiger partial charge in [0, 0.05) is 38.2 Å². The number of likely N-dealkylation sites (tertiary alicyclic amines) is 1. The predicted octanol–water partition coefficient (Wildman–Crippen LogP) is 3.98. The molecule has 1 saturated heterocycles. The van der Waals surface area contributed by atoms with Crippen LogP contribution in [0.4, 0.5) is 10.5 Å². The maximum absolute atomic E-state index is 12.0. The molecule has 0 aromatic heterocycles. The lowest BCUT2D eigenvalue weighted by molar-refractivity contribution is -0.0707. The SMILES string of the molecule is CCOC(=O)OC1(c2ccccc2)CCN(CCc2ccc(N)cc2)CC1. The Hall–Kier alpha value is -2.53. The zero-order valence-corrected chi connectivity index (χ0v) is 15.9. The fraction of sp³-hybridized carbons (Fsp3) is 0.409. The van der Waals surface area contributed by atoms with Crippen LogP contribution in [0.3, 0.4) is 0 Å². The summed E-state index contributed by atoms with van der Waals surface area (Å²) in [4.78, 5) is 14.5. The second kappa shape index (κ2) is 8.91. The number of nitrogens with zero attached hydrogens (tertiary/aromatic N) is 1. The number of carbonyl (C=O) groups is 1. The number of anilines is 1. The third-order valence-electron chi connectivity index (χ3n) is 5.20. The van der Waals surface area contributed by atoms with E-state index < -0.39 is 11.8 Å². The second-order valence-corrected chi connectivity index (χ2v) is 6.98. The Bertz CT molecular complexity index is 723. The molecule has 1 fully saturated rings. The van der Waals surface area contributed by atoms with Gasteiger partial charge < -0.3 is 20.1 Å². The number of hydrogen-bond acceptors (Lipinski definition) is 5. The summed E-state index contributed by atoms with van der Waals surface area (Å²) < 4.78 is 10.9. The quantitative estimate of drug-likeness (QED) is 0.617. The minimum atomic E-state index is -0.606. The Morgan fingerprint density at radius 3 is 2.37 bits per heavy atom. The van der Waals surface area contributed by atoms with E-state index in [0.29, 0.717) is 6.61 Å². The minimum Gasteiger partial charge on any atom is -0.435 e. The molecule has 5 nitrogen and oxygen atoms in total. The van der Waals surface area contributed by atoms with Crippen LogP contribution in [0.2, 0.25) is 0 Å². The Balaban J connectivity index is 1.62. The normalized spacial score (nSPS) is 16.6. The molecule has 0 bridgehead atoms. The first kappa shape index (κ1) is 19.2. The standard InChI is InChI=1S/C22H28N2O3/c1-2-26-21(25)27-22(19-6-4-3-5-7-19)13-16-24(17-14-22)15-12-18-8-10-20(23)11-9-18/h3-11H,2,12-17,23H2,1H3. The number of nitrogens with two attached hydrogens (primary N) is 1. The average Bonchev–Trinajstić information content (AvgIpc) is 2.69. The van der Waals surface area contributed by atoms with Crippen LogP contribution in [0, 0.1) is 0 Å². The highest BCUT2D eigenvalue weighted by Gasteiger charge is 2.40. The Kier molecular flexibility index (Phi) is 6.35. The molecular weight excluding hydrogens is 340 g/mol. The van der Waals surface area contributed by atoms with Crippen LogP contribution in [0.25, 0.3) is 0 Å². The van der Waals surface area contributed by atoms with E-state index >= 15 is 0 Å². The summed E-state index contributed by atoms with van der Waals surface area (Å²) in [6, 6.07) is 18.1. The number of piperidine rings is 1. The van der Waals surface area contributed by atoms with Crippen molar-refractivity contribution < 1.29 is 14.3 Å². The van der Waals surface area contributed by atoms with Crippen molar-refractivity contribution in [3.05, 3.63) is 65.7 Å². The molecule has 0 aliphatic carbocycles. The molecule has 5 heteroatoms. The van der Waals surface area contributed by atoms with Gasteiger partial charge in [-0.15, -0.1) is 0 Å². The maximum atomic E-state index is 12.0. The first-order valence-electron chi connectivity index (χ1n) is 9.59. The highest BCUT2D eigenvalue weighted by Crippen LogP contribution is 2.37. The zero-order chi connectivity index (χ0) is 19.1. The largest absolute Gasteiger partial charge is 0.509 e. The Morgan fingerprint density at radius 1 is 1.07 bits per heavy atom. The smallest absolute Gasteiger partial charge is 0.435 e. The zero-order valence-electron chi connectivity index (χ0n) is 15.9. The van der Waals surface area contributed by atoms with E-state index in [1.54, 1.807) is 6.92 Å². The van der Waals surface area contributed by atoms with Crippen LogP contribution >= 0.6 is 0 Å².